The molecule has 0 saturated carbocycles. The molecule has 0 amide bonds. The Hall–Kier alpha value is -1.61. The van der Waals surface area contributed by atoms with Gasteiger partial charge in [0.1, 0.15) is 0 Å². The zero-order valence-corrected chi connectivity index (χ0v) is 11.5. The van der Waals surface area contributed by atoms with Crippen molar-refractivity contribution in [1.29, 1.82) is 0 Å². The summed E-state index contributed by atoms with van der Waals surface area (Å²) >= 11 is 0. The van der Waals surface area contributed by atoms with Crippen molar-refractivity contribution in [3.8, 4) is 0 Å². The molecule has 2 rings (SSSR count). The standard InChI is InChI=1S/C16H20O3/c1-4-15(19-16(17)11(2)3)18-14-9-12-7-5-6-8-13(12)10-14/h5-8,14-15H,2,4,9-10H2,1,3H3. The molecule has 0 aromatic heterocycles. The van der Waals surface area contributed by atoms with E-state index in [1.165, 1.54) is 11.1 Å². The van der Waals surface area contributed by atoms with Crippen molar-refractivity contribution < 1.29 is 14.3 Å². The third kappa shape index (κ3) is 3.44. The molecule has 3 nitrogen and oxygen atoms in total. The topological polar surface area (TPSA) is 35.5 Å². The molecule has 1 atom stereocenters. The zero-order valence-electron chi connectivity index (χ0n) is 11.5. The highest BCUT2D eigenvalue weighted by Gasteiger charge is 2.25. The van der Waals surface area contributed by atoms with Crippen molar-refractivity contribution in [2.45, 2.75) is 45.5 Å². The molecule has 1 unspecified atom stereocenters. The Morgan fingerprint density at radius 2 is 1.95 bits per heavy atom. The van der Waals surface area contributed by atoms with Gasteiger partial charge in [0.25, 0.3) is 0 Å². The summed E-state index contributed by atoms with van der Waals surface area (Å²) in [7, 11) is 0. The molecule has 1 aromatic carbocycles. The lowest BCUT2D eigenvalue weighted by Crippen LogP contribution is -2.27. The van der Waals surface area contributed by atoms with Crippen LogP contribution in [0, 0.1) is 0 Å². The van der Waals surface area contributed by atoms with E-state index < -0.39 is 6.29 Å². The average molecular weight is 260 g/mol. The van der Waals surface area contributed by atoms with Gasteiger partial charge in [-0.1, -0.05) is 37.8 Å². The minimum absolute atomic E-state index is 0.0975. The number of fused-ring (bicyclic) bond motifs is 1. The molecule has 0 N–H and O–H groups in total. The SMILES string of the molecule is C=C(C)C(=O)OC(CC)OC1Cc2ccccc2C1. The summed E-state index contributed by atoms with van der Waals surface area (Å²) in [5.41, 5.74) is 3.05. The lowest BCUT2D eigenvalue weighted by molar-refractivity contribution is -0.185. The van der Waals surface area contributed by atoms with Crippen LogP contribution in [0.2, 0.25) is 0 Å². The summed E-state index contributed by atoms with van der Waals surface area (Å²) in [5.74, 6) is -0.387. The van der Waals surface area contributed by atoms with Crippen molar-refractivity contribution in [2.24, 2.45) is 0 Å². The molecule has 1 aliphatic carbocycles. The average Bonchev–Trinajstić information content (AvgIpc) is 2.79. The molecule has 1 aromatic rings. The Morgan fingerprint density at radius 1 is 1.37 bits per heavy atom. The van der Waals surface area contributed by atoms with Crippen LogP contribution < -0.4 is 0 Å². The van der Waals surface area contributed by atoms with Gasteiger partial charge in [-0.25, -0.2) is 4.79 Å². The molecule has 0 fully saturated rings. The van der Waals surface area contributed by atoms with Gasteiger partial charge in [0.2, 0.25) is 6.29 Å². The summed E-state index contributed by atoms with van der Waals surface area (Å²) in [6, 6.07) is 8.33. The zero-order chi connectivity index (χ0) is 13.8. The summed E-state index contributed by atoms with van der Waals surface area (Å²) in [6.45, 7) is 7.16. The third-order valence-electron chi connectivity index (χ3n) is 3.28. The summed E-state index contributed by atoms with van der Waals surface area (Å²) in [4.78, 5) is 11.5. The third-order valence-corrected chi connectivity index (χ3v) is 3.28. The fourth-order valence-electron chi connectivity index (χ4n) is 2.26. The van der Waals surface area contributed by atoms with Gasteiger partial charge in [0.05, 0.1) is 6.10 Å². The smallest absolute Gasteiger partial charge is 0.335 e. The Morgan fingerprint density at radius 3 is 2.42 bits per heavy atom. The Balaban J connectivity index is 1.91. The fourth-order valence-corrected chi connectivity index (χ4v) is 2.26. The van der Waals surface area contributed by atoms with Crippen LogP contribution in [0.5, 0.6) is 0 Å². The van der Waals surface area contributed by atoms with Crippen LogP contribution in [-0.2, 0) is 27.1 Å². The monoisotopic (exact) mass is 260 g/mol. The quantitative estimate of drug-likeness (QED) is 0.464. The highest BCUT2D eigenvalue weighted by atomic mass is 16.7. The summed E-state index contributed by atoms with van der Waals surface area (Å²) < 4.78 is 11.1. The molecule has 0 saturated heterocycles. The Labute approximate surface area is 114 Å². The van der Waals surface area contributed by atoms with Gasteiger partial charge in [-0.05, 0) is 30.9 Å². The van der Waals surface area contributed by atoms with Gasteiger partial charge in [-0.15, -0.1) is 0 Å². The molecule has 0 aliphatic heterocycles. The molecule has 102 valence electrons. The number of carbonyl (C=O) groups is 1. The van der Waals surface area contributed by atoms with Gasteiger partial charge >= 0.3 is 5.97 Å². The molecule has 3 heteroatoms. The van der Waals surface area contributed by atoms with Crippen LogP contribution in [0.4, 0.5) is 0 Å². The number of esters is 1. The summed E-state index contributed by atoms with van der Waals surface area (Å²) in [5, 5.41) is 0. The molecular formula is C16H20O3. The lowest BCUT2D eigenvalue weighted by Gasteiger charge is -2.21. The van der Waals surface area contributed by atoms with E-state index in [9.17, 15) is 4.79 Å². The van der Waals surface area contributed by atoms with Crippen molar-refractivity contribution in [3.05, 3.63) is 47.5 Å². The van der Waals surface area contributed by atoms with E-state index in [4.69, 9.17) is 9.47 Å². The number of rotatable bonds is 5. The normalized spacial score (nSPS) is 15.9. The fraction of sp³-hybridized carbons (Fsp3) is 0.438. The van der Waals surface area contributed by atoms with E-state index in [0.29, 0.717) is 12.0 Å². The van der Waals surface area contributed by atoms with Crippen LogP contribution in [0.15, 0.2) is 36.4 Å². The van der Waals surface area contributed by atoms with Crippen LogP contribution in [0.1, 0.15) is 31.4 Å². The second-order valence-electron chi connectivity index (χ2n) is 4.96. The van der Waals surface area contributed by atoms with E-state index in [2.05, 4.69) is 18.7 Å². The van der Waals surface area contributed by atoms with Gasteiger partial charge in [-0.2, -0.15) is 0 Å². The second-order valence-corrected chi connectivity index (χ2v) is 4.96. The number of hydrogen-bond acceptors (Lipinski definition) is 3. The molecule has 0 radical (unpaired) electrons. The highest BCUT2D eigenvalue weighted by Crippen LogP contribution is 2.25. The Kier molecular flexibility index (Phi) is 4.38. The first-order chi connectivity index (χ1) is 9.10. The van der Waals surface area contributed by atoms with Crippen molar-refractivity contribution >= 4 is 5.97 Å². The highest BCUT2D eigenvalue weighted by molar-refractivity contribution is 5.87. The van der Waals surface area contributed by atoms with Crippen LogP contribution >= 0.6 is 0 Å². The maximum absolute atomic E-state index is 11.5. The van der Waals surface area contributed by atoms with E-state index in [0.717, 1.165) is 12.8 Å². The van der Waals surface area contributed by atoms with Crippen LogP contribution in [-0.4, -0.2) is 18.4 Å². The van der Waals surface area contributed by atoms with E-state index in [-0.39, 0.29) is 12.1 Å². The van der Waals surface area contributed by atoms with Gasteiger partial charge in [0, 0.05) is 12.0 Å². The molecule has 1 aliphatic rings. The van der Waals surface area contributed by atoms with Crippen molar-refractivity contribution in [2.75, 3.05) is 0 Å². The van der Waals surface area contributed by atoms with E-state index in [1.54, 1.807) is 6.92 Å². The maximum Gasteiger partial charge on any atom is 0.335 e. The molecule has 19 heavy (non-hydrogen) atoms. The van der Waals surface area contributed by atoms with E-state index >= 15 is 0 Å². The first kappa shape index (κ1) is 13.8. The van der Waals surface area contributed by atoms with Crippen molar-refractivity contribution in [1.82, 2.24) is 0 Å². The molecule has 0 bridgehead atoms. The van der Waals surface area contributed by atoms with Gasteiger partial charge < -0.3 is 9.47 Å². The minimum atomic E-state index is -0.483. The predicted octanol–water partition coefficient (Wildman–Crippen LogP) is 3.03. The maximum atomic E-state index is 11.5. The van der Waals surface area contributed by atoms with Crippen LogP contribution in [0.25, 0.3) is 0 Å². The molecular weight excluding hydrogens is 240 g/mol. The van der Waals surface area contributed by atoms with Crippen molar-refractivity contribution in [3.63, 3.8) is 0 Å². The lowest BCUT2D eigenvalue weighted by atomic mass is 10.1. The predicted molar refractivity (Wildman–Crippen MR) is 73.7 cm³/mol. The van der Waals surface area contributed by atoms with Crippen LogP contribution in [0.3, 0.4) is 0 Å². The second kappa shape index (κ2) is 6.02. The number of ether oxygens (including phenoxy) is 2. The minimum Gasteiger partial charge on any atom is -0.432 e. The van der Waals surface area contributed by atoms with Gasteiger partial charge in [-0.3, -0.25) is 0 Å². The first-order valence-corrected chi connectivity index (χ1v) is 6.69. The number of carbonyl (C=O) groups excluding carboxylic acids is 1. The molecule has 0 spiro atoms. The Bertz CT molecular complexity index is 454. The first-order valence-electron chi connectivity index (χ1n) is 6.69. The number of hydrogen-bond donors (Lipinski definition) is 0. The summed E-state index contributed by atoms with van der Waals surface area (Å²) in [6.07, 6.45) is 2.03. The van der Waals surface area contributed by atoms with E-state index in [1.807, 2.05) is 19.1 Å². The number of benzene rings is 1. The largest absolute Gasteiger partial charge is 0.432 e. The molecule has 0 heterocycles. The van der Waals surface area contributed by atoms with Gasteiger partial charge in [0.15, 0.2) is 0 Å².